The van der Waals surface area contributed by atoms with Crippen molar-refractivity contribution in [2.24, 2.45) is 17.8 Å². The minimum atomic E-state index is 0.111. The lowest BCUT2D eigenvalue weighted by atomic mass is 9.75. The highest BCUT2D eigenvalue weighted by atomic mass is 32.2. The molecule has 0 unspecified atom stereocenters. The van der Waals surface area contributed by atoms with E-state index < -0.39 is 0 Å². The van der Waals surface area contributed by atoms with Crippen LogP contribution in [-0.4, -0.2) is 23.3 Å². The van der Waals surface area contributed by atoms with Crippen molar-refractivity contribution < 1.29 is 0 Å². The summed E-state index contributed by atoms with van der Waals surface area (Å²) in [6.45, 7) is 6.49. The second-order valence-corrected chi connectivity index (χ2v) is 10.1. The molecule has 2 heterocycles. The Morgan fingerprint density at radius 2 is 1.85 bits per heavy atom. The third-order valence-corrected chi connectivity index (χ3v) is 9.47. The summed E-state index contributed by atoms with van der Waals surface area (Å²) in [6.07, 6.45) is 4.17. The van der Waals surface area contributed by atoms with Crippen LogP contribution in [0.4, 0.5) is 5.69 Å². The van der Waals surface area contributed by atoms with Gasteiger partial charge in [0.05, 0.1) is 5.03 Å². The highest BCUT2D eigenvalue weighted by molar-refractivity contribution is 8.00. The summed E-state index contributed by atoms with van der Waals surface area (Å²) in [7, 11) is 0. The van der Waals surface area contributed by atoms with E-state index in [1.165, 1.54) is 46.7 Å². The molecule has 0 radical (unpaired) electrons. The number of nitrogens with zero attached hydrogens (tertiary/aromatic N) is 1. The van der Waals surface area contributed by atoms with Crippen LogP contribution in [0.2, 0.25) is 0 Å². The fourth-order valence-corrected chi connectivity index (χ4v) is 8.60. The van der Waals surface area contributed by atoms with E-state index in [1.54, 1.807) is 0 Å². The summed E-state index contributed by atoms with van der Waals surface area (Å²) in [5, 5.41) is 1.85. The zero-order chi connectivity index (χ0) is 17.8. The van der Waals surface area contributed by atoms with Crippen molar-refractivity contribution in [2.75, 3.05) is 18.0 Å². The Labute approximate surface area is 163 Å². The summed E-state index contributed by atoms with van der Waals surface area (Å²) in [5.74, 6) is 2.80. The highest BCUT2D eigenvalue weighted by Gasteiger charge is 2.54. The SMILES string of the molecule is CCN(CC)c1ccc([C@@H]2c3sc(=O)[nH]c3S[C@H]3[C@H]4CC[C@@H](C4)[C@H]23)cc1. The van der Waals surface area contributed by atoms with Gasteiger partial charge in [-0.2, -0.15) is 0 Å². The number of aromatic amines is 1. The van der Waals surface area contributed by atoms with E-state index in [4.69, 9.17) is 0 Å². The van der Waals surface area contributed by atoms with E-state index in [1.807, 2.05) is 11.8 Å². The predicted octanol–water partition coefficient (Wildman–Crippen LogP) is 4.93. The van der Waals surface area contributed by atoms with Gasteiger partial charge in [-0.1, -0.05) is 23.5 Å². The van der Waals surface area contributed by atoms with Gasteiger partial charge in [-0.05, 0) is 68.6 Å². The van der Waals surface area contributed by atoms with E-state index in [0.717, 1.165) is 30.0 Å². The zero-order valence-electron chi connectivity index (χ0n) is 15.4. The van der Waals surface area contributed by atoms with E-state index in [2.05, 4.69) is 48.0 Å². The highest BCUT2D eigenvalue weighted by Crippen LogP contribution is 2.63. The number of hydrogen-bond donors (Lipinski definition) is 1. The summed E-state index contributed by atoms with van der Waals surface area (Å²) in [4.78, 5) is 19.0. The maximum absolute atomic E-state index is 12.1. The van der Waals surface area contributed by atoms with Crippen molar-refractivity contribution in [3.8, 4) is 0 Å². The van der Waals surface area contributed by atoms with E-state index in [0.29, 0.717) is 17.1 Å². The zero-order valence-corrected chi connectivity index (χ0v) is 17.0. The summed E-state index contributed by atoms with van der Waals surface area (Å²) < 4.78 is 0. The lowest BCUT2D eigenvalue weighted by Gasteiger charge is -2.40. The van der Waals surface area contributed by atoms with E-state index in [-0.39, 0.29) is 4.87 Å². The molecule has 3 nitrogen and oxygen atoms in total. The van der Waals surface area contributed by atoms with Crippen LogP contribution >= 0.6 is 23.1 Å². The van der Waals surface area contributed by atoms with Crippen molar-refractivity contribution in [2.45, 2.75) is 49.3 Å². The van der Waals surface area contributed by atoms with Crippen LogP contribution in [0, 0.1) is 17.8 Å². The molecule has 2 saturated carbocycles. The smallest absolute Gasteiger partial charge is 0.305 e. The lowest BCUT2D eigenvalue weighted by molar-refractivity contribution is 0.307. The summed E-state index contributed by atoms with van der Waals surface area (Å²) in [6, 6.07) is 9.21. The standard InChI is InChI=1S/C21H26N2OS2/c1-3-23(4-2)15-9-7-12(8-10-15)16-17-13-5-6-14(11-13)18(17)25-20-19(16)26-21(24)22-20/h7-10,13-14,16-18H,3-6,11H2,1-2H3,(H,22,24)/t13-,14-,16-,17+,18-/m0/s1. The second kappa shape index (κ2) is 6.45. The first-order chi connectivity index (χ1) is 12.7. The number of thiazole rings is 1. The molecule has 5 heteroatoms. The predicted molar refractivity (Wildman–Crippen MR) is 111 cm³/mol. The van der Waals surface area contributed by atoms with Crippen LogP contribution in [0.5, 0.6) is 0 Å². The number of aromatic nitrogens is 1. The first-order valence-electron chi connectivity index (χ1n) is 9.94. The largest absolute Gasteiger partial charge is 0.372 e. The van der Waals surface area contributed by atoms with Crippen LogP contribution in [0.3, 0.4) is 0 Å². The Kier molecular flexibility index (Phi) is 4.20. The molecule has 26 heavy (non-hydrogen) atoms. The maximum atomic E-state index is 12.1. The van der Waals surface area contributed by atoms with E-state index >= 15 is 0 Å². The van der Waals surface area contributed by atoms with Gasteiger partial charge in [-0.15, -0.1) is 11.8 Å². The first-order valence-corrected chi connectivity index (χ1v) is 11.6. The van der Waals surface area contributed by atoms with Gasteiger partial charge in [0.2, 0.25) is 0 Å². The minimum Gasteiger partial charge on any atom is -0.372 e. The van der Waals surface area contributed by atoms with Gasteiger partial charge in [0.1, 0.15) is 0 Å². The number of hydrogen-bond acceptors (Lipinski definition) is 4. The molecule has 2 fully saturated rings. The van der Waals surface area contributed by atoms with Gasteiger partial charge < -0.3 is 9.88 Å². The molecule has 2 aromatic rings. The molecule has 0 spiro atoms. The molecule has 1 aromatic carbocycles. The fourth-order valence-electron chi connectivity index (χ4n) is 5.70. The lowest BCUT2D eigenvalue weighted by Crippen LogP contribution is -2.33. The Balaban J connectivity index is 1.56. The van der Waals surface area contributed by atoms with Gasteiger partial charge in [0.15, 0.2) is 0 Å². The average molecular weight is 387 g/mol. The molecule has 138 valence electrons. The third kappa shape index (κ3) is 2.50. The molecule has 2 aliphatic carbocycles. The van der Waals surface area contributed by atoms with Crippen LogP contribution in [0.15, 0.2) is 34.1 Å². The van der Waals surface area contributed by atoms with Crippen molar-refractivity contribution in [3.63, 3.8) is 0 Å². The topological polar surface area (TPSA) is 36.1 Å². The molecule has 0 amide bonds. The quantitative estimate of drug-likeness (QED) is 0.809. The maximum Gasteiger partial charge on any atom is 0.305 e. The number of fused-ring (bicyclic) bond motifs is 6. The van der Waals surface area contributed by atoms with Crippen LogP contribution < -0.4 is 9.77 Å². The van der Waals surface area contributed by atoms with Gasteiger partial charge in [-0.25, -0.2) is 0 Å². The molecule has 1 N–H and O–H groups in total. The monoisotopic (exact) mass is 386 g/mol. The molecule has 1 aliphatic heterocycles. The van der Waals surface area contributed by atoms with Crippen LogP contribution in [0.25, 0.3) is 0 Å². The van der Waals surface area contributed by atoms with E-state index in [9.17, 15) is 4.79 Å². The van der Waals surface area contributed by atoms with Gasteiger partial charge >= 0.3 is 4.87 Å². The fraction of sp³-hybridized carbons (Fsp3) is 0.571. The van der Waals surface area contributed by atoms with Crippen molar-refractivity contribution in [1.82, 2.24) is 4.98 Å². The van der Waals surface area contributed by atoms with Crippen molar-refractivity contribution >= 4 is 28.8 Å². The van der Waals surface area contributed by atoms with Crippen molar-refractivity contribution in [3.05, 3.63) is 44.4 Å². The number of rotatable bonds is 4. The van der Waals surface area contributed by atoms with Crippen molar-refractivity contribution in [1.29, 1.82) is 0 Å². The van der Waals surface area contributed by atoms with Gasteiger partial charge in [0.25, 0.3) is 0 Å². The average Bonchev–Trinajstić information content (AvgIpc) is 3.35. The number of nitrogens with one attached hydrogen (secondary N) is 1. The van der Waals surface area contributed by atoms with Gasteiger partial charge in [-0.3, -0.25) is 4.79 Å². The first kappa shape index (κ1) is 16.9. The number of H-pyrrole nitrogens is 1. The Hall–Kier alpha value is -1.20. The summed E-state index contributed by atoms with van der Waals surface area (Å²) in [5.41, 5.74) is 2.70. The molecule has 0 saturated heterocycles. The number of anilines is 1. The second-order valence-electron chi connectivity index (χ2n) is 7.94. The Morgan fingerprint density at radius 1 is 1.12 bits per heavy atom. The molecular formula is C21H26N2OS2. The molecule has 3 aliphatic rings. The Bertz CT molecular complexity index is 852. The normalized spacial score (nSPS) is 31.7. The third-order valence-electron chi connectivity index (χ3n) is 6.85. The molecular weight excluding hydrogens is 360 g/mol. The minimum absolute atomic E-state index is 0.111. The number of benzene rings is 1. The number of thioether (sulfide) groups is 1. The van der Waals surface area contributed by atoms with Crippen LogP contribution in [-0.2, 0) is 0 Å². The summed E-state index contributed by atoms with van der Waals surface area (Å²) >= 11 is 3.42. The van der Waals surface area contributed by atoms with Crippen LogP contribution in [0.1, 0.15) is 49.5 Å². The Morgan fingerprint density at radius 3 is 2.58 bits per heavy atom. The molecule has 5 atom stereocenters. The molecule has 1 aromatic heterocycles. The van der Waals surface area contributed by atoms with Gasteiger partial charge in [0, 0.05) is 34.8 Å². The molecule has 2 bridgehead atoms. The molecule has 5 rings (SSSR count).